The fraction of sp³-hybridized carbons (Fsp3) is 0.343. The summed E-state index contributed by atoms with van der Waals surface area (Å²) >= 11 is 6.02. The number of fused-ring (bicyclic) bond motifs is 1. The van der Waals surface area contributed by atoms with Crippen LogP contribution in [0.3, 0.4) is 0 Å². The Morgan fingerprint density at radius 1 is 0.943 bits per heavy atom. The molecule has 0 fully saturated rings. The number of benzene rings is 2. The number of pyridine rings is 1. The molecule has 1 unspecified atom stereocenters. The molecule has 2 aromatic carbocycles. The number of allylic oxidation sites excluding steroid dienone is 1. The average molecular weight is 758 g/mol. The Labute approximate surface area is 308 Å². The maximum atomic E-state index is 13.4. The Morgan fingerprint density at radius 2 is 1.57 bits per heavy atom. The molecule has 18 heteroatoms. The summed E-state index contributed by atoms with van der Waals surface area (Å²) in [6.45, 7) is 2.67. The van der Waals surface area contributed by atoms with Crippen molar-refractivity contribution < 1.29 is 58.7 Å². The van der Waals surface area contributed by atoms with Crippen LogP contribution in [0.4, 0.5) is 15.3 Å². The first-order valence-corrected chi connectivity index (χ1v) is 16.4. The third kappa shape index (κ3) is 10.8. The molecule has 0 saturated heterocycles. The van der Waals surface area contributed by atoms with Gasteiger partial charge in [0.1, 0.15) is 11.8 Å². The summed E-state index contributed by atoms with van der Waals surface area (Å²) < 4.78 is 10.3. The summed E-state index contributed by atoms with van der Waals surface area (Å²) in [5.41, 5.74) is 0.178. The normalized spacial score (nSPS) is 14.2. The maximum absolute atomic E-state index is 13.4. The van der Waals surface area contributed by atoms with Gasteiger partial charge in [0, 0.05) is 36.2 Å². The fourth-order valence-electron chi connectivity index (χ4n) is 5.27. The van der Waals surface area contributed by atoms with E-state index >= 15 is 0 Å². The van der Waals surface area contributed by atoms with Crippen LogP contribution in [0.25, 0.3) is 10.9 Å². The molecule has 1 aromatic heterocycles. The predicted octanol–water partition coefficient (Wildman–Crippen LogP) is 4.11. The average Bonchev–Trinajstić information content (AvgIpc) is 3.11. The molecule has 6 N–H and O–H groups in total. The molecule has 4 rings (SSSR count). The summed E-state index contributed by atoms with van der Waals surface area (Å²) in [5, 5.41) is 41.6. The first kappa shape index (κ1) is 41.5. The highest BCUT2D eigenvalue weighted by molar-refractivity contribution is 6.31. The van der Waals surface area contributed by atoms with Gasteiger partial charge < -0.3 is 45.4 Å². The molecular formula is C35H40ClN5O12. The van der Waals surface area contributed by atoms with E-state index in [0.717, 1.165) is 27.9 Å². The number of nitrogens with one attached hydrogen (secondary N) is 2. The highest BCUT2D eigenvalue weighted by atomic mass is 35.5. The number of amides is 4. The van der Waals surface area contributed by atoms with Crippen LogP contribution in [-0.2, 0) is 23.9 Å². The number of imide groups is 1. The van der Waals surface area contributed by atoms with Crippen molar-refractivity contribution in [3.05, 3.63) is 76.6 Å². The van der Waals surface area contributed by atoms with Crippen molar-refractivity contribution in [2.24, 2.45) is 0 Å². The predicted molar refractivity (Wildman–Crippen MR) is 190 cm³/mol. The Hall–Kier alpha value is -5.94. The lowest BCUT2D eigenvalue weighted by Gasteiger charge is -2.40. The van der Waals surface area contributed by atoms with E-state index < -0.39 is 60.4 Å². The minimum absolute atomic E-state index is 0.209. The number of rotatable bonds is 14. The number of hydrogen-bond acceptors (Lipinski definition) is 11. The van der Waals surface area contributed by atoms with Gasteiger partial charge in [-0.1, -0.05) is 29.8 Å². The van der Waals surface area contributed by atoms with Gasteiger partial charge in [-0.3, -0.25) is 14.6 Å². The number of carboxylic acids is 3. The zero-order valence-electron chi connectivity index (χ0n) is 29.3. The lowest BCUT2D eigenvalue weighted by molar-refractivity contribution is -0.170. The van der Waals surface area contributed by atoms with Crippen molar-refractivity contribution in [1.82, 2.24) is 20.1 Å². The van der Waals surface area contributed by atoms with Crippen LogP contribution in [-0.4, -0.2) is 111 Å². The molecule has 1 aliphatic heterocycles. The molecule has 53 heavy (non-hydrogen) atoms. The van der Waals surface area contributed by atoms with Crippen molar-refractivity contribution >= 4 is 64.1 Å². The molecule has 1 atom stereocenters. The highest BCUT2D eigenvalue weighted by Gasteiger charge is 2.44. The van der Waals surface area contributed by atoms with Crippen molar-refractivity contribution in [2.75, 3.05) is 39.7 Å². The fourth-order valence-corrected chi connectivity index (χ4v) is 5.43. The molecule has 2 heterocycles. The summed E-state index contributed by atoms with van der Waals surface area (Å²) in [4.78, 5) is 76.7. The van der Waals surface area contributed by atoms with Crippen LogP contribution >= 0.6 is 11.6 Å². The molecule has 1 aliphatic rings. The number of carbonyl (C=O) groups excluding carboxylic acids is 3. The molecule has 0 spiro atoms. The first-order valence-electron chi connectivity index (χ1n) is 16.0. The van der Waals surface area contributed by atoms with Gasteiger partial charge in [-0.25, -0.2) is 24.1 Å². The Kier molecular flexibility index (Phi) is 14.5. The summed E-state index contributed by atoms with van der Waals surface area (Å²) in [7, 11) is 4.33. The molecule has 284 valence electrons. The van der Waals surface area contributed by atoms with Crippen LogP contribution < -0.4 is 15.4 Å². The number of hydrogen-bond donors (Lipinski definition) is 6. The minimum Gasteiger partial charge on any atom is -0.497 e. The quantitative estimate of drug-likeness (QED) is 0.100. The second-order valence-electron chi connectivity index (χ2n) is 11.8. The number of esters is 1. The van der Waals surface area contributed by atoms with E-state index in [2.05, 4.69) is 15.6 Å². The minimum atomic E-state index is -2.74. The first-order chi connectivity index (χ1) is 25.0. The SMILES string of the molecule is COC(=O)C1=C(C)N(C)C(=O)N(C(=O)NCCCCNc2cnc3cc(Cl)ccc3c2)C1c1ccc(OC)cc1.O=C(O)CC(O)(CC(=O)O)C(=O)O. The number of unbranched alkanes of at least 4 members (excludes halogenated alkanes) is 1. The van der Waals surface area contributed by atoms with Gasteiger partial charge in [-0.05, 0) is 55.7 Å². The molecular weight excluding hydrogens is 718 g/mol. The number of carbonyl (C=O) groups is 6. The second kappa shape index (κ2) is 18.5. The second-order valence-corrected chi connectivity index (χ2v) is 12.2. The highest BCUT2D eigenvalue weighted by Crippen LogP contribution is 2.38. The molecule has 0 bridgehead atoms. The third-order valence-corrected chi connectivity index (χ3v) is 8.35. The number of ether oxygens (including phenoxy) is 2. The lowest BCUT2D eigenvalue weighted by Crippen LogP contribution is -2.54. The van der Waals surface area contributed by atoms with Gasteiger partial charge in [0.2, 0.25) is 0 Å². The topological polar surface area (TPSA) is 245 Å². The van der Waals surface area contributed by atoms with Crippen molar-refractivity contribution in [3.8, 4) is 5.75 Å². The van der Waals surface area contributed by atoms with Crippen molar-refractivity contribution in [1.29, 1.82) is 0 Å². The molecule has 0 radical (unpaired) electrons. The van der Waals surface area contributed by atoms with Gasteiger partial charge in [-0.15, -0.1) is 0 Å². The van der Waals surface area contributed by atoms with E-state index in [0.29, 0.717) is 41.5 Å². The number of halogens is 1. The summed E-state index contributed by atoms with van der Waals surface area (Å²) in [5.74, 6) is -5.03. The maximum Gasteiger partial charge on any atom is 0.338 e. The Morgan fingerprint density at radius 3 is 2.13 bits per heavy atom. The Bertz CT molecular complexity index is 1870. The monoisotopic (exact) mass is 757 g/mol. The number of aliphatic carboxylic acids is 3. The Balaban J connectivity index is 0.000000496. The summed E-state index contributed by atoms with van der Waals surface area (Å²) in [6.07, 6.45) is 0.899. The molecule has 0 saturated carbocycles. The largest absolute Gasteiger partial charge is 0.497 e. The molecule has 0 aliphatic carbocycles. The van der Waals surface area contributed by atoms with Crippen LogP contribution in [0.15, 0.2) is 66.0 Å². The number of anilines is 1. The van der Waals surface area contributed by atoms with E-state index in [9.17, 15) is 28.8 Å². The van der Waals surface area contributed by atoms with Crippen molar-refractivity contribution in [3.63, 3.8) is 0 Å². The van der Waals surface area contributed by atoms with Crippen molar-refractivity contribution in [2.45, 2.75) is 44.2 Å². The van der Waals surface area contributed by atoms with Gasteiger partial charge in [0.15, 0.2) is 5.60 Å². The summed E-state index contributed by atoms with van der Waals surface area (Å²) in [6, 6.07) is 12.3. The molecule has 3 aromatic rings. The number of nitrogens with zero attached hydrogens (tertiary/aromatic N) is 3. The number of carboxylic acid groups (broad SMARTS) is 3. The number of aliphatic hydroxyl groups is 1. The number of urea groups is 2. The van der Waals surface area contributed by atoms with Gasteiger partial charge >= 0.3 is 35.9 Å². The van der Waals surface area contributed by atoms with Gasteiger partial charge in [0.25, 0.3) is 0 Å². The number of aromatic nitrogens is 1. The van der Waals surface area contributed by atoms with Crippen LogP contribution in [0.2, 0.25) is 5.02 Å². The number of methoxy groups -OCH3 is 2. The van der Waals surface area contributed by atoms with Crippen LogP contribution in [0.5, 0.6) is 5.75 Å². The van der Waals surface area contributed by atoms with Crippen LogP contribution in [0, 0.1) is 0 Å². The van der Waals surface area contributed by atoms with Gasteiger partial charge in [0.05, 0.1) is 50.0 Å². The third-order valence-electron chi connectivity index (χ3n) is 8.11. The van der Waals surface area contributed by atoms with E-state index in [1.165, 1.54) is 19.1 Å². The zero-order chi connectivity index (χ0) is 39.5. The standard InChI is InChI=1S/C29H32ClN5O5.C6H8O7/c1-18-25(27(36)40-4)26(19-8-11-23(39-3)12-9-19)35(29(38)34(18)2)28(37)32-14-6-5-13-31-22-15-20-7-10-21(30)16-24(20)33-17-22;7-3(8)1-6(13,5(11)12)2-4(9)10/h7-12,15-17,26,31H,5-6,13-14H2,1-4H3,(H,32,37);13H,1-2H2,(H,7,8)(H,9,10)(H,11,12). The molecule has 4 amide bonds. The van der Waals surface area contributed by atoms with E-state index in [-0.39, 0.29) is 5.57 Å². The molecule has 17 nitrogen and oxygen atoms in total. The van der Waals surface area contributed by atoms with E-state index in [1.54, 1.807) is 44.5 Å². The van der Waals surface area contributed by atoms with E-state index in [1.807, 2.05) is 24.3 Å². The van der Waals surface area contributed by atoms with Gasteiger partial charge in [-0.2, -0.15) is 0 Å². The lowest BCUT2D eigenvalue weighted by atomic mass is 9.93. The smallest absolute Gasteiger partial charge is 0.338 e. The zero-order valence-corrected chi connectivity index (χ0v) is 30.0. The van der Waals surface area contributed by atoms with Crippen LogP contribution in [0.1, 0.15) is 44.2 Å². The van der Waals surface area contributed by atoms with E-state index in [4.69, 9.17) is 41.5 Å².